The Hall–Kier alpha value is -2.56. The lowest BCUT2D eigenvalue weighted by molar-refractivity contribution is 0.0948. The number of nitrogens with zero attached hydrogens (tertiary/aromatic N) is 1. The number of rotatable bonds is 2. The Morgan fingerprint density at radius 1 is 1.32 bits per heavy atom. The summed E-state index contributed by atoms with van der Waals surface area (Å²) < 4.78 is 5.36. The van der Waals surface area contributed by atoms with Crippen LogP contribution in [-0.4, -0.2) is 25.9 Å². The summed E-state index contributed by atoms with van der Waals surface area (Å²) in [6.45, 7) is 0.501. The fourth-order valence-electron chi connectivity index (χ4n) is 2.15. The smallest absolute Gasteiger partial charge is 0.254 e. The Balaban J connectivity index is 2.07. The fraction of sp³-hybridized carbons (Fsp3) is 0.143. The van der Waals surface area contributed by atoms with Crippen LogP contribution in [0.2, 0.25) is 0 Å². The lowest BCUT2D eigenvalue weighted by Crippen LogP contribution is -2.41. The number of nitrogens with one attached hydrogen (secondary N) is 1. The van der Waals surface area contributed by atoms with Crippen molar-refractivity contribution in [3.8, 4) is 11.3 Å². The largest absolute Gasteiger partial charge is 0.453 e. The van der Waals surface area contributed by atoms with Gasteiger partial charge in [-0.2, -0.15) is 0 Å². The molecule has 2 aromatic rings. The average molecular weight is 256 g/mol. The number of aldehydes is 1. The van der Waals surface area contributed by atoms with Crippen molar-refractivity contribution in [1.82, 2.24) is 5.32 Å². The van der Waals surface area contributed by atoms with Crippen LogP contribution >= 0.6 is 0 Å². The summed E-state index contributed by atoms with van der Waals surface area (Å²) in [4.78, 5) is 24.4. The minimum Gasteiger partial charge on any atom is -0.453 e. The summed E-state index contributed by atoms with van der Waals surface area (Å²) in [6, 6.07) is 8.85. The summed E-state index contributed by atoms with van der Waals surface area (Å²) in [5.41, 5.74) is 2.27. The molecule has 0 saturated carbocycles. The predicted molar refractivity (Wildman–Crippen MR) is 70.3 cm³/mol. The fourth-order valence-corrected chi connectivity index (χ4v) is 2.15. The monoisotopic (exact) mass is 256 g/mol. The zero-order valence-electron chi connectivity index (χ0n) is 10.3. The number of benzene rings is 1. The first-order valence-electron chi connectivity index (χ1n) is 5.88. The second-order valence-electron chi connectivity index (χ2n) is 4.41. The van der Waals surface area contributed by atoms with Crippen molar-refractivity contribution >= 4 is 17.9 Å². The van der Waals surface area contributed by atoms with E-state index in [9.17, 15) is 9.59 Å². The van der Waals surface area contributed by atoms with Gasteiger partial charge in [0.2, 0.25) is 0 Å². The highest BCUT2D eigenvalue weighted by Crippen LogP contribution is 2.29. The molecule has 3 rings (SSSR count). The van der Waals surface area contributed by atoms with Gasteiger partial charge >= 0.3 is 0 Å². The highest BCUT2D eigenvalue weighted by atomic mass is 16.3. The van der Waals surface area contributed by atoms with Crippen LogP contribution in [-0.2, 0) is 0 Å². The van der Waals surface area contributed by atoms with E-state index in [2.05, 4.69) is 5.32 Å². The van der Waals surface area contributed by atoms with E-state index in [0.29, 0.717) is 24.3 Å². The SMILES string of the molecule is CN1CNC(=O)c2cc(-c3ccc(C=O)o3)ccc21. The van der Waals surface area contributed by atoms with E-state index in [1.54, 1.807) is 18.2 Å². The van der Waals surface area contributed by atoms with Gasteiger partial charge in [-0.1, -0.05) is 0 Å². The van der Waals surface area contributed by atoms with Crippen LogP contribution in [0.25, 0.3) is 11.3 Å². The van der Waals surface area contributed by atoms with Crippen molar-refractivity contribution in [1.29, 1.82) is 0 Å². The van der Waals surface area contributed by atoms with Crippen molar-refractivity contribution in [3.63, 3.8) is 0 Å². The van der Waals surface area contributed by atoms with E-state index in [-0.39, 0.29) is 11.7 Å². The molecule has 1 amide bonds. The van der Waals surface area contributed by atoms with E-state index >= 15 is 0 Å². The molecule has 1 N–H and O–H groups in total. The first kappa shape index (κ1) is 11.5. The van der Waals surface area contributed by atoms with Crippen LogP contribution in [0.5, 0.6) is 0 Å². The van der Waals surface area contributed by atoms with Crippen LogP contribution in [0, 0.1) is 0 Å². The molecule has 1 aliphatic heterocycles. The average Bonchev–Trinajstić information content (AvgIpc) is 2.91. The van der Waals surface area contributed by atoms with Crippen molar-refractivity contribution in [2.75, 3.05) is 18.6 Å². The minimum absolute atomic E-state index is 0.0999. The molecular weight excluding hydrogens is 244 g/mol. The number of hydrogen-bond acceptors (Lipinski definition) is 4. The van der Waals surface area contributed by atoms with E-state index in [0.717, 1.165) is 11.3 Å². The van der Waals surface area contributed by atoms with Crippen molar-refractivity contribution < 1.29 is 14.0 Å². The molecule has 5 heteroatoms. The molecule has 0 unspecified atom stereocenters. The lowest BCUT2D eigenvalue weighted by Gasteiger charge is -2.27. The Morgan fingerprint density at radius 3 is 2.89 bits per heavy atom. The topological polar surface area (TPSA) is 62.6 Å². The quantitative estimate of drug-likeness (QED) is 0.833. The van der Waals surface area contributed by atoms with Crippen LogP contribution in [0.4, 0.5) is 5.69 Å². The predicted octanol–water partition coefficient (Wildman–Crippen LogP) is 1.90. The molecule has 19 heavy (non-hydrogen) atoms. The molecule has 0 fully saturated rings. The van der Waals surface area contributed by atoms with E-state index in [4.69, 9.17) is 4.42 Å². The summed E-state index contributed by atoms with van der Waals surface area (Å²) in [7, 11) is 1.91. The number of furan rings is 1. The molecule has 1 aromatic carbocycles. The number of carbonyl (C=O) groups excluding carboxylic acids is 2. The zero-order chi connectivity index (χ0) is 13.4. The number of amides is 1. The van der Waals surface area contributed by atoms with Gasteiger partial charge in [-0.15, -0.1) is 0 Å². The zero-order valence-corrected chi connectivity index (χ0v) is 10.3. The van der Waals surface area contributed by atoms with Crippen LogP contribution in [0.15, 0.2) is 34.7 Å². The summed E-state index contributed by atoms with van der Waals surface area (Å²) in [6.07, 6.45) is 0.655. The van der Waals surface area contributed by atoms with E-state index in [1.165, 1.54) is 0 Å². The first-order valence-corrected chi connectivity index (χ1v) is 5.88. The van der Waals surface area contributed by atoms with Crippen molar-refractivity contribution in [3.05, 3.63) is 41.7 Å². The lowest BCUT2D eigenvalue weighted by atomic mass is 10.0. The number of hydrogen-bond donors (Lipinski definition) is 1. The molecule has 1 aliphatic rings. The molecule has 0 bridgehead atoms. The Morgan fingerprint density at radius 2 is 2.16 bits per heavy atom. The maximum atomic E-state index is 11.9. The Labute approximate surface area is 109 Å². The standard InChI is InChI=1S/C14H12N2O3/c1-16-8-15-14(18)11-6-9(2-4-12(11)16)13-5-3-10(7-17)19-13/h2-7H,8H2,1H3,(H,15,18). The molecule has 1 aromatic heterocycles. The summed E-state index contributed by atoms with van der Waals surface area (Å²) in [5, 5.41) is 2.78. The molecule has 5 nitrogen and oxygen atoms in total. The van der Waals surface area contributed by atoms with Gasteiger partial charge in [0.05, 0.1) is 17.9 Å². The third kappa shape index (κ3) is 1.89. The van der Waals surface area contributed by atoms with Gasteiger partial charge in [-0.3, -0.25) is 9.59 Å². The highest BCUT2D eigenvalue weighted by molar-refractivity contribution is 6.02. The van der Waals surface area contributed by atoms with Crippen LogP contribution in [0.1, 0.15) is 20.9 Å². The van der Waals surface area contributed by atoms with Gasteiger partial charge < -0.3 is 14.6 Å². The van der Waals surface area contributed by atoms with Crippen molar-refractivity contribution in [2.24, 2.45) is 0 Å². The minimum atomic E-state index is -0.0999. The molecule has 0 spiro atoms. The number of carbonyl (C=O) groups is 2. The van der Waals surface area contributed by atoms with Gasteiger partial charge in [0.1, 0.15) is 5.76 Å². The maximum absolute atomic E-state index is 11.9. The molecule has 0 aliphatic carbocycles. The second-order valence-corrected chi connectivity index (χ2v) is 4.41. The molecule has 2 heterocycles. The number of fused-ring (bicyclic) bond motifs is 1. The van der Waals surface area contributed by atoms with Crippen molar-refractivity contribution in [2.45, 2.75) is 0 Å². The van der Waals surface area contributed by atoms with Crippen LogP contribution in [0.3, 0.4) is 0 Å². The summed E-state index contributed by atoms with van der Waals surface area (Å²) in [5.74, 6) is 0.748. The summed E-state index contributed by atoms with van der Waals surface area (Å²) >= 11 is 0. The number of anilines is 1. The normalized spacial score (nSPS) is 13.9. The van der Waals surface area contributed by atoms with E-state index < -0.39 is 0 Å². The van der Waals surface area contributed by atoms with Gasteiger partial charge in [0.15, 0.2) is 12.0 Å². The first-order chi connectivity index (χ1) is 9.19. The van der Waals surface area contributed by atoms with E-state index in [1.807, 2.05) is 24.1 Å². The van der Waals surface area contributed by atoms with Crippen LogP contribution < -0.4 is 10.2 Å². The van der Waals surface area contributed by atoms with Gasteiger partial charge in [0.25, 0.3) is 5.91 Å². The molecule has 0 atom stereocenters. The molecule has 0 radical (unpaired) electrons. The van der Waals surface area contributed by atoms with Gasteiger partial charge in [0, 0.05) is 12.6 Å². The second kappa shape index (κ2) is 4.28. The molecule has 0 saturated heterocycles. The Kier molecular flexibility index (Phi) is 2.59. The molecular formula is C14H12N2O3. The third-order valence-electron chi connectivity index (χ3n) is 3.16. The van der Waals surface area contributed by atoms with Gasteiger partial charge in [-0.05, 0) is 30.3 Å². The highest BCUT2D eigenvalue weighted by Gasteiger charge is 2.21. The maximum Gasteiger partial charge on any atom is 0.254 e. The molecule has 96 valence electrons. The Bertz CT molecular complexity index is 660. The third-order valence-corrected chi connectivity index (χ3v) is 3.16. The van der Waals surface area contributed by atoms with Gasteiger partial charge in [-0.25, -0.2) is 0 Å².